The van der Waals surface area contributed by atoms with Gasteiger partial charge in [0.05, 0.1) is 17.7 Å². The van der Waals surface area contributed by atoms with Crippen molar-refractivity contribution in [3.63, 3.8) is 0 Å². The molecule has 0 heterocycles. The highest BCUT2D eigenvalue weighted by Crippen LogP contribution is 2.34. The van der Waals surface area contributed by atoms with E-state index in [0.29, 0.717) is 0 Å². The smallest absolute Gasteiger partial charge is 0.495 e. The van der Waals surface area contributed by atoms with Crippen molar-refractivity contribution in [2.24, 2.45) is 0 Å². The second-order valence-electron chi connectivity index (χ2n) is 4.74. The lowest BCUT2D eigenvalue weighted by molar-refractivity contribution is -0.385. The molecule has 0 atom stereocenters. The molecule has 2 rings (SSSR count). The quantitative estimate of drug-likeness (QED) is 0.597. The van der Waals surface area contributed by atoms with Crippen molar-refractivity contribution >= 4 is 21.4 Å². The van der Waals surface area contributed by atoms with Crippen LogP contribution in [0.15, 0.2) is 47.4 Å². The Balaban J connectivity index is 2.48. The first-order chi connectivity index (χ1) is 12.0. The van der Waals surface area contributed by atoms with E-state index in [4.69, 9.17) is 4.74 Å². The van der Waals surface area contributed by atoms with E-state index in [9.17, 15) is 31.7 Å². The molecule has 0 bridgehead atoms. The molecule has 1 N–H and O–H groups in total. The summed E-state index contributed by atoms with van der Waals surface area (Å²) in [6, 6.07) is 7.27. The van der Waals surface area contributed by atoms with E-state index in [1.54, 1.807) is 0 Å². The summed E-state index contributed by atoms with van der Waals surface area (Å²) in [4.78, 5) is 9.42. The first kappa shape index (κ1) is 19.3. The van der Waals surface area contributed by atoms with Crippen LogP contribution in [0.3, 0.4) is 0 Å². The van der Waals surface area contributed by atoms with Crippen molar-refractivity contribution in [1.29, 1.82) is 0 Å². The predicted octanol–water partition coefficient (Wildman–Crippen LogP) is 3.30. The molecule has 0 aliphatic heterocycles. The molecule has 0 fully saturated rings. The van der Waals surface area contributed by atoms with Crippen molar-refractivity contribution in [2.75, 3.05) is 11.8 Å². The third kappa shape index (κ3) is 4.53. The summed E-state index contributed by atoms with van der Waals surface area (Å²) in [7, 11) is -3.38. The van der Waals surface area contributed by atoms with Crippen LogP contribution >= 0.6 is 0 Å². The van der Waals surface area contributed by atoms with E-state index in [2.05, 4.69) is 4.74 Å². The first-order valence-corrected chi connectivity index (χ1v) is 8.22. The number of alkyl halides is 3. The number of hydrogen-bond acceptors (Lipinski definition) is 6. The van der Waals surface area contributed by atoms with Crippen LogP contribution in [-0.4, -0.2) is 26.8 Å². The fourth-order valence-corrected chi connectivity index (χ4v) is 3.21. The molecule has 0 aromatic heterocycles. The maximum absolute atomic E-state index is 12.5. The van der Waals surface area contributed by atoms with E-state index >= 15 is 0 Å². The lowest BCUT2D eigenvalue weighted by Gasteiger charge is -2.15. The molecule has 2 aromatic rings. The number of rotatable bonds is 6. The molecule has 0 aliphatic rings. The van der Waals surface area contributed by atoms with Crippen LogP contribution in [0.5, 0.6) is 11.5 Å². The number of non-ortho nitro benzene ring substituents is 1. The maximum Gasteiger partial charge on any atom is 0.573 e. The standard InChI is InChI=1S/C14H11F3N2O6S/c1-24-12-7-6-9(19(20)21)8-13(12)26(22,23)18-10-4-2-3-5-11(10)25-14(15,16)17/h2-8,18H,1H3. The Morgan fingerprint density at radius 3 is 2.35 bits per heavy atom. The molecule has 2 aromatic carbocycles. The normalized spacial score (nSPS) is 11.7. The number of ether oxygens (including phenoxy) is 2. The van der Waals surface area contributed by atoms with Gasteiger partial charge in [0.1, 0.15) is 10.6 Å². The van der Waals surface area contributed by atoms with Crippen LogP contribution in [0.1, 0.15) is 0 Å². The number of hydrogen-bond donors (Lipinski definition) is 1. The molecule has 0 radical (unpaired) electrons. The molecule has 0 aliphatic carbocycles. The van der Waals surface area contributed by atoms with Gasteiger partial charge < -0.3 is 9.47 Å². The molecule has 0 saturated carbocycles. The molecule has 0 unspecified atom stereocenters. The zero-order valence-electron chi connectivity index (χ0n) is 13.0. The molecular weight excluding hydrogens is 381 g/mol. The minimum absolute atomic E-state index is 0.225. The van der Waals surface area contributed by atoms with Gasteiger partial charge in [0.15, 0.2) is 5.75 Å². The lowest BCUT2D eigenvalue weighted by Crippen LogP contribution is -2.20. The van der Waals surface area contributed by atoms with Crippen LogP contribution < -0.4 is 14.2 Å². The number of methoxy groups -OCH3 is 1. The molecule has 0 amide bonds. The van der Waals surface area contributed by atoms with Crippen molar-refractivity contribution in [1.82, 2.24) is 0 Å². The van der Waals surface area contributed by atoms with Gasteiger partial charge >= 0.3 is 6.36 Å². The Bertz CT molecular complexity index is 931. The molecule has 0 spiro atoms. The first-order valence-electron chi connectivity index (χ1n) is 6.73. The van der Waals surface area contributed by atoms with Crippen molar-refractivity contribution in [3.05, 3.63) is 52.6 Å². The lowest BCUT2D eigenvalue weighted by atomic mass is 10.3. The number of halogens is 3. The Morgan fingerprint density at radius 1 is 1.12 bits per heavy atom. The molecular formula is C14H11F3N2O6S. The van der Waals surface area contributed by atoms with Gasteiger partial charge in [0, 0.05) is 12.1 Å². The van der Waals surface area contributed by atoms with Gasteiger partial charge in [-0.15, -0.1) is 13.2 Å². The molecule has 140 valence electrons. The van der Waals surface area contributed by atoms with Gasteiger partial charge in [-0.25, -0.2) is 8.42 Å². The highest BCUT2D eigenvalue weighted by atomic mass is 32.2. The van der Waals surface area contributed by atoms with Gasteiger partial charge in [-0.2, -0.15) is 0 Å². The number of benzene rings is 2. The summed E-state index contributed by atoms with van der Waals surface area (Å²) in [6.07, 6.45) is -5.04. The van der Waals surface area contributed by atoms with Crippen LogP contribution in [0.2, 0.25) is 0 Å². The highest BCUT2D eigenvalue weighted by molar-refractivity contribution is 7.92. The zero-order chi connectivity index (χ0) is 19.5. The van der Waals surface area contributed by atoms with E-state index in [1.165, 1.54) is 12.1 Å². The monoisotopic (exact) mass is 392 g/mol. The topological polar surface area (TPSA) is 108 Å². The Kier molecular flexibility index (Phi) is 5.25. The predicted molar refractivity (Wildman–Crippen MR) is 83.6 cm³/mol. The SMILES string of the molecule is COc1ccc([N+](=O)[O-])cc1S(=O)(=O)Nc1ccccc1OC(F)(F)F. The zero-order valence-corrected chi connectivity index (χ0v) is 13.8. The van der Waals surface area contributed by atoms with E-state index < -0.39 is 43.3 Å². The average Bonchev–Trinajstić information content (AvgIpc) is 2.54. The fourth-order valence-electron chi connectivity index (χ4n) is 1.95. The minimum atomic E-state index is -5.04. The maximum atomic E-state index is 12.5. The van der Waals surface area contributed by atoms with Crippen molar-refractivity contribution < 1.29 is 36.0 Å². The van der Waals surface area contributed by atoms with Gasteiger partial charge in [0.25, 0.3) is 15.7 Å². The summed E-state index contributed by atoms with van der Waals surface area (Å²) in [5, 5.41) is 10.9. The Hall–Kier alpha value is -3.02. The Labute approximate surface area is 145 Å². The summed E-state index contributed by atoms with van der Waals surface area (Å²) < 4.78 is 72.9. The number of nitrogens with zero attached hydrogens (tertiary/aromatic N) is 1. The van der Waals surface area contributed by atoms with E-state index in [-0.39, 0.29) is 5.75 Å². The summed E-state index contributed by atoms with van der Waals surface area (Å²) >= 11 is 0. The van der Waals surface area contributed by atoms with Gasteiger partial charge in [-0.05, 0) is 18.2 Å². The fraction of sp³-hybridized carbons (Fsp3) is 0.143. The van der Waals surface area contributed by atoms with Crippen LogP contribution in [0.25, 0.3) is 0 Å². The largest absolute Gasteiger partial charge is 0.573 e. The van der Waals surface area contributed by atoms with Gasteiger partial charge in [-0.1, -0.05) is 12.1 Å². The summed E-state index contributed by atoms with van der Waals surface area (Å²) in [5.74, 6) is -1.01. The number of anilines is 1. The van der Waals surface area contributed by atoms with Gasteiger partial charge in [-0.3, -0.25) is 14.8 Å². The number of sulfonamides is 1. The minimum Gasteiger partial charge on any atom is -0.495 e. The highest BCUT2D eigenvalue weighted by Gasteiger charge is 2.33. The third-order valence-electron chi connectivity index (χ3n) is 3.00. The van der Waals surface area contributed by atoms with Crippen molar-refractivity contribution in [2.45, 2.75) is 11.3 Å². The second kappa shape index (κ2) is 7.07. The number of nitrogens with one attached hydrogen (secondary N) is 1. The number of nitro groups is 1. The molecule has 0 saturated heterocycles. The van der Waals surface area contributed by atoms with E-state index in [1.807, 2.05) is 4.72 Å². The van der Waals surface area contributed by atoms with Gasteiger partial charge in [0.2, 0.25) is 0 Å². The Morgan fingerprint density at radius 2 is 1.77 bits per heavy atom. The summed E-state index contributed by atoms with van der Waals surface area (Å²) in [5.41, 5.74) is -1.04. The van der Waals surface area contributed by atoms with Crippen LogP contribution in [0, 0.1) is 10.1 Å². The van der Waals surface area contributed by atoms with Crippen LogP contribution in [-0.2, 0) is 10.0 Å². The molecule has 12 heteroatoms. The number of para-hydroxylation sites is 2. The third-order valence-corrected chi connectivity index (χ3v) is 4.39. The number of nitro benzene ring substituents is 1. The van der Waals surface area contributed by atoms with E-state index in [0.717, 1.165) is 37.4 Å². The van der Waals surface area contributed by atoms with Crippen LogP contribution in [0.4, 0.5) is 24.5 Å². The molecule has 8 nitrogen and oxygen atoms in total. The summed E-state index contributed by atoms with van der Waals surface area (Å²) in [6.45, 7) is 0. The van der Waals surface area contributed by atoms with Crippen molar-refractivity contribution in [3.8, 4) is 11.5 Å². The average molecular weight is 392 g/mol. The molecule has 26 heavy (non-hydrogen) atoms. The second-order valence-corrected chi connectivity index (χ2v) is 6.39.